The zero-order valence-corrected chi connectivity index (χ0v) is 11.1. The number of carbonyl (C=O) groups is 3. The molecular weight excluding hydrogens is 268 g/mol. The van der Waals surface area contributed by atoms with E-state index in [0.29, 0.717) is 19.4 Å². The Morgan fingerprint density at radius 1 is 1.30 bits per heavy atom. The normalized spacial score (nSPS) is 23.2. The second kappa shape index (κ2) is 7.81. The minimum Gasteiger partial charge on any atom is -0.481 e. The summed E-state index contributed by atoms with van der Waals surface area (Å²) >= 11 is 0. The third kappa shape index (κ3) is 5.14. The van der Waals surface area contributed by atoms with Gasteiger partial charge in [-0.1, -0.05) is 0 Å². The molecule has 1 aliphatic rings. The van der Waals surface area contributed by atoms with Crippen molar-refractivity contribution in [2.45, 2.75) is 50.4 Å². The minimum absolute atomic E-state index is 0.0699. The maximum absolute atomic E-state index is 11.9. The van der Waals surface area contributed by atoms with Crippen LogP contribution in [0.25, 0.3) is 0 Å². The van der Waals surface area contributed by atoms with E-state index in [2.05, 4.69) is 5.32 Å². The van der Waals surface area contributed by atoms with Crippen molar-refractivity contribution in [3.05, 3.63) is 0 Å². The van der Waals surface area contributed by atoms with Crippen LogP contribution in [-0.4, -0.2) is 52.9 Å². The first-order chi connectivity index (χ1) is 9.43. The SMILES string of the molecule is NCC1CCC(C(=O)N[C@H](CCCC(=O)O)C(=O)O)O1. The lowest BCUT2D eigenvalue weighted by molar-refractivity contribution is -0.144. The molecule has 5 N–H and O–H groups in total. The van der Waals surface area contributed by atoms with E-state index < -0.39 is 30.0 Å². The summed E-state index contributed by atoms with van der Waals surface area (Å²) in [5, 5.41) is 19.9. The van der Waals surface area contributed by atoms with Gasteiger partial charge in [-0.3, -0.25) is 9.59 Å². The molecule has 1 rings (SSSR count). The number of rotatable bonds is 8. The summed E-state index contributed by atoms with van der Waals surface area (Å²) in [5.41, 5.74) is 5.43. The average Bonchev–Trinajstić information content (AvgIpc) is 2.85. The predicted molar refractivity (Wildman–Crippen MR) is 68.0 cm³/mol. The summed E-state index contributed by atoms with van der Waals surface area (Å²) in [7, 11) is 0. The van der Waals surface area contributed by atoms with Crippen molar-refractivity contribution in [3.63, 3.8) is 0 Å². The van der Waals surface area contributed by atoms with Crippen molar-refractivity contribution in [1.82, 2.24) is 5.32 Å². The summed E-state index contributed by atoms with van der Waals surface area (Å²) in [4.78, 5) is 33.3. The van der Waals surface area contributed by atoms with Crippen molar-refractivity contribution in [2.75, 3.05) is 6.54 Å². The monoisotopic (exact) mass is 288 g/mol. The highest BCUT2D eigenvalue weighted by molar-refractivity contribution is 5.86. The van der Waals surface area contributed by atoms with Gasteiger partial charge in [-0.25, -0.2) is 4.79 Å². The fraction of sp³-hybridized carbons (Fsp3) is 0.750. The molecule has 8 nitrogen and oxygen atoms in total. The van der Waals surface area contributed by atoms with Crippen LogP contribution in [0.1, 0.15) is 32.1 Å². The van der Waals surface area contributed by atoms with E-state index in [1.165, 1.54) is 0 Å². The first kappa shape index (κ1) is 16.4. The van der Waals surface area contributed by atoms with Gasteiger partial charge in [-0.05, 0) is 25.7 Å². The molecule has 0 aromatic heterocycles. The maximum Gasteiger partial charge on any atom is 0.326 e. The molecule has 1 amide bonds. The third-order valence-electron chi connectivity index (χ3n) is 3.16. The van der Waals surface area contributed by atoms with Crippen molar-refractivity contribution in [3.8, 4) is 0 Å². The number of nitrogens with two attached hydrogens (primary N) is 1. The Balaban J connectivity index is 2.43. The number of carboxylic acids is 2. The van der Waals surface area contributed by atoms with Gasteiger partial charge in [0.05, 0.1) is 6.10 Å². The molecular formula is C12H20N2O6. The number of aliphatic carboxylic acids is 2. The summed E-state index contributed by atoms with van der Waals surface area (Å²) in [5.74, 6) is -2.66. The molecule has 1 aliphatic heterocycles. The average molecular weight is 288 g/mol. The molecule has 20 heavy (non-hydrogen) atoms. The highest BCUT2D eigenvalue weighted by Crippen LogP contribution is 2.19. The molecule has 0 bridgehead atoms. The van der Waals surface area contributed by atoms with Crippen molar-refractivity contribution in [1.29, 1.82) is 0 Å². The molecule has 114 valence electrons. The summed E-state index contributed by atoms with van der Waals surface area (Å²) < 4.78 is 5.37. The van der Waals surface area contributed by atoms with Gasteiger partial charge >= 0.3 is 11.9 Å². The van der Waals surface area contributed by atoms with Crippen LogP contribution in [-0.2, 0) is 19.1 Å². The van der Waals surface area contributed by atoms with Gasteiger partial charge in [0, 0.05) is 13.0 Å². The molecule has 1 heterocycles. The molecule has 8 heteroatoms. The summed E-state index contributed by atoms with van der Waals surface area (Å²) in [6, 6.07) is -1.10. The molecule has 0 spiro atoms. The van der Waals surface area contributed by atoms with Gasteiger partial charge in [0.2, 0.25) is 5.91 Å². The van der Waals surface area contributed by atoms with Crippen LogP contribution in [0.2, 0.25) is 0 Å². The van der Waals surface area contributed by atoms with Crippen LogP contribution < -0.4 is 11.1 Å². The Morgan fingerprint density at radius 2 is 2.00 bits per heavy atom. The Labute approximate surface area is 116 Å². The van der Waals surface area contributed by atoms with Crippen molar-refractivity contribution < 1.29 is 29.3 Å². The van der Waals surface area contributed by atoms with Crippen LogP contribution >= 0.6 is 0 Å². The van der Waals surface area contributed by atoms with Gasteiger partial charge in [-0.15, -0.1) is 0 Å². The number of hydrogen-bond donors (Lipinski definition) is 4. The fourth-order valence-corrected chi connectivity index (χ4v) is 2.05. The standard InChI is InChI=1S/C12H20N2O6/c13-6-7-4-5-9(20-7)11(17)14-8(12(18)19)2-1-3-10(15)16/h7-9H,1-6,13H2,(H,14,17)(H,15,16)(H,18,19)/t7?,8-,9?/m1/s1. The maximum atomic E-state index is 11.9. The number of amides is 1. The number of ether oxygens (including phenoxy) is 1. The van der Waals surface area contributed by atoms with E-state index in [0.717, 1.165) is 0 Å². The number of hydrogen-bond acceptors (Lipinski definition) is 5. The van der Waals surface area contributed by atoms with Gasteiger partial charge in [0.1, 0.15) is 12.1 Å². The molecule has 3 atom stereocenters. The number of nitrogens with one attached hydrogen (secondary N) is 1. The topological polar surface area (TPSA) is 139 Å². The minimum atomic E-state index is -1.18. The molecule has 2 unspecified atom stereocenters. The first-order valence-electron chi connectivity index (χ1n) is 6.54. The molecule has 0 aromatic carbocycles. The summed E-state index contributed by atoms with van der Waals surface area (Å²) in [6.45, 7) is 0.324. The number of carboxylic acid groups (broad SMARTS) is 2. The van der Waals surface area contributed by atoms with Crippen molar-refractivity contribution in [2.24, 2.45) is 5.73 Å². The van der Waals surface area contributed by atoms with E-state index in [1.807, 2.05) is 0 Å². The fourth-order valence-electron chi connectivity index (χ4n) is 2.05. The second-order valence-corrected chi connectivity index (χ2v) is 4.75. The molecule has 0 aliphatic carbocycles. The Morgan fingerprint density at radius 3 is 2.50 bits per heavy atom. The highest BCUT2D eigenvalue weighted by Gasteiger charge is 2.32. The van der Waals surface area contributed by atoms with E-state index in [4.69, 9.17) is 20.7 Å². The second-order valence-electron chi connectivity index (χ2n) is 4.75. The lowest BCUT2D eigenvalue weighted by atomic mass is 10.1. The quantitative estimate of drug-likeness (QED) is 0.464. The molecule has 0 radical (unpaired) electrons. The van der Waals surface area contributed by atoms with Crippen LogP contribution in [0, 0.1) is 0 Å². The Bertz CT molecular complexity index is 373. The first-order valence-corrected chi connectivity index (χ1v) is 6.54. The molecule has 1 saturated heterocycles. The van der Waals surface area contributed by atoms with Crippen LogP contribution in [0.5, 0.6) is 0 Å². The molecule has 0 aromatic rings. The van der Waals surface area contributed by atoms with Crippen molar-refractivity contribution >= 4 is 17.8 Å². The van der Waals surface area contributed by atoms with E-state index in [-0.39, 0.29) is 25.4 Å². The van der Waals surface area contributed by atoms with Gasteiger partial charge in [0.15, 0.2) is 0 Å². The predicted octanol–water partition coefficient (Wildman–Crippen LogP) is -0.683. The lowest BCUT2D eigenvalue weighted by Crippen LogP contribution is -2.45. The summed E-state index contributed by atoms with van der Waals surface area (Å²) in [6.07, 6.45) is 0.463. The smallest absolute Gasteiger partial charge is 0.326 e. The zero-order valence-electron chi connectivity index (χ0n) is 11.1. The Kier molecular flexibility index (Phi) is 6.40. The van der Waals surface area contributed by atoms with Gasteiger partial charge in [0.25, 0.3) is 0 Å². The lowest BCUT2D eigenvalue weighted by Gasteiger charge is -2.17. The van der Waals surface area contributed by atoms with E-state index in [9.17, 15) is 14.4 Å². The zero-order chi connectivity index (χ0) is 15.1. The van der Waals surface area contributed by atoms with Crippen LogP contribution in [0.15, 0.2) is 0 Å². The van der Waals surface area contributed by atoms with Crippen LogP contribution in [0.3, 0.4) is 0 Å². The van der Waals surface area contributed by atoms with Gasteiger partial charge in [-0.2, -0.15) is 0 Å². The Hall–Kier alpha value is -1.67. The third-order valence-corrected chi connectivity index (χ3v) is 3.16. The van der Waals surface area contributed by atoms with E-state index in [1.54, 1.807) is 0 Å². The molecule has 1 fully saturated rings. The van der Waals surface area contributed by atoms with Gasteiger partial charge < -0.3 is 26.0 Å². The number of carbonyl (C=O) groups excluding carboxylic acids is 1. The largest absolute Gasteiger partial charge is 0.481 e. The molecule has 0 saturated carbocycles. The van der Waals surface area contributed by atoms with Crippen LogP contribution in [0.4, 0.5) is 0 Å². The van der Waals surface area contributed by atoms with E-state index >= 15 is 0 Å². The highest BCUT2D eigenvalue weighted by atomic mass is 16.5.